The van der Waals surface area contributed by atoms with Gasteiger partial charge in [0.1, 0.15) is 0 Å². The molecule has 0 aromatic rings. The van der Waals surface area contributed by atoms with Crippen molar-refractivity contribution in [3.8, 4) is 0 Å². The van der Waals surface area contributed by atoms with Crippen LogP contribution in [0.25, 0.3) is 0 Å². The van der Waals surface area contributed by atoms with Crippen LogP contribution >= 0.6 is 0 Å². The highest BCUT2D eigenvalue weighted by Crippen LogP contribution is 2.27. The average molecular weight is 399 g/mol. The summed E-state index contributed by atoms with van der Waals surface area (Å²) in [6.45, 7) is 0.577. The molecule has 1 unspecified atom stereocenters. The Bertz CT molecular complexity index is 575. The average Bonchev–Trinajstić information content (AvgIpc) is 2.53. The van der Waals surface area contributed by atoms with Crippen molar-refractivity contribution in [2.75, 3.05) is 39.0 Å². The van der Waals surface area contributed by atoms with Gasteiger partial charge in [0.25, 0.3) is 0 Å². The van der Waals surface area contributed by atoms with E-state index in [2.05, 4.69) is 4.72 Å². The van der Waals surface area contributed by atoms with E-state index in [0.717, 1.165) is 25.5 Å². The minimum absolute atomic E-state index is 0.00120. The molecule has 0 saturated carbocycles. The second kappa shape index (κ2) is 8.88. The fourth-order valence-corrected chi connectivity index (χ4v) is 4.32. The molecule has 2 rings (SSSR count). The fraction of sp³-hybridized carbons (Fsp3) is 0.938. The molecule has 0 bridgehead atoms. The summed E-state index contributed by atoms with van der Waals surface area (Å²) in [5.41, 5.74) is 0. The highest BCUT2D eigenvalue weighted by atomic mass is 32.2. The van der Waals surface area contributed by atoms with Gasteiger partial charge in [-0.2, -0.15) is 13.2 Å². The third-order valence-corrected chi connectivity index (χ3v) is 5.82. The van der Waals surface area contributed by atoms with Gasteiger partial charge in [-0.25, -0.2) is 13.1 Å². The van der Waals surface area contributed by atoms with Gasteiger partial charge in [0.15, 0.2) is 0 Å². The van der Waals surface area contributed by atoms with Crippen LogP contribution in [0.4, 0.5) is 13.2 Å². The molecule has 0 aromatic heterocycles. The lowest BCUT2D eigenvalue weighted by atomic mass is 9.91. The van der Waals surface area contributed by atoms with Crippen LogP contribution in [0.2, 0.25) is 0 Å². The Morgan fingerprint density at radius 1 is 1.12 bits per heavy atom. The van der Waals surface area contributed by atoms with Crippen LogP contribution in [0.5, 0.6) is 0 Å². The van der Waals surface area contributed by atoms with Gasteiger partial charge in [0.05, 0.1) is 12.8 Å². The Hall–Kier alpha value is -0.870. The first kappa shape index (κ1) is 21.4. The molecule has 10 heteroatoms. The molecule has 0 spiro atoms. The van der Waals surface area contributed by atoms with Crippen molar-refractivity contribution in [3.05, 3.63) is 0 Å². The monoisotopic (exact) mass is 399 g/mol. The summed E-state index contributed by atoms with van der Waals surface area (Å²) in [6.07, 6.45) is 1.09. The molecule has 2 aliphatic rings. The van der Waals surface area contributed by atoms with Crippen molar-refractivity contribution in [2.45, 2.75) is 50.7 Å². The number of alkyl halides is 3. The minimum Gasteiger partial charge on any atom is -0.339 e. The van der Waals surface area contributed by atoms with Crippen molar-refractivity contribution < 1.29 is 26.4 Å². The van der Waals surface area contributed by atoms with Gasteiger partial charge in [0.2, 0.25) is 15.9 Å². The van der Waals surface area contributed by atoms with E-state index in [0.29, 0.717) is 25.8 Å². The van der Waals surface area contributed by atoms with Crippen molar-refractivity contribution >= 4 is 15.9 Å². The minimum atomic E-state index is -4.21. The number of hydrogen-bond acceptors (Lipinski definition) is 4. The Morgan fingerprint density at radius 3 is 2.35 bits per heavy atom. The Labute approximate surface area is 153 Å². The summed E-state index contributed by atoms with van der Waals surface area (Å²) in [6, 6.07) is -0.00120. The zero-order chi connectivity index (χ0) is 19.4. The molecular weight excluding hydrogens is 371 g/mol. The molecule has 1 N–H and O–H groups in total. The highest BCUT2D eigenvalue weighted by molar-refractivity contribution is 7.88. The molecule has 26 heavy (non-hydrogen) atoms. The molecule has 1 atom stereocenters. The van der Waals surface area contributed by atoms with Crippen molar-refractivity contribution in [1.29, 1.82) is 0 Å². The number of amides is 1. The third-order valence-electron chi connectivity index (χ3n) is 5.09. The number of hydrogen-bond donors (Lipinski definition) is 1. The Morgan fingerprint density at radius 2 is 1.77 bits per heavy atom. The van der Waals surface area contributed by atoms with Gasteiger partial charge in [-0.05, 0) is 51.6 Å². The molecule has 6 nitrogen and oxygen atoms in total. The van der Waals surface area contributed by atoms with Crippen molar-refractivity contribution in [1.82, 2.24) is 14.5 Å². The van der Waals surface area contributed by atoms with Gasteiger partial charge in [-0.15, -0.1) is 0 Å². The summed E-state index contributed by atoms with van der Waals surface area (Å²) in [4.78, 5) is 16.0. The van der Waals surface area contributed by atoms with Crippen molar-refractivity contribution in [2.24, 2.45) is 5.92 Å². The molecule has 2 saturated heterocycles. The van der Waals surface area contributed by atoms with Gasteiger partial charge < -0.3 is 4.90 Å². The molecule has 0 radical (unpaired) electrons. The van der Waals surface area contributed by atoms with E-state index < -0.39 is 22.7 Å². The number of likely N-dealkylation sites (tertiary alicyclic amines) is 2. The zero-order valence-corrected chi connectivity index (χ0v) is 15.9. The van der Waals surface area contributed by atoms with Crippen LogP contribution in [-0.4, -0.2) is 75.3 Å². The maximum atomic E-state index is 12.9. The molecule has 1 amide bonds. The molecule has 0 aliphatic carbocycles. The van der Waals surface area contributed by atoms with E-state index in [9.17, 15) is 26.4 Å². The lowest BCUT2D eigenvalue weighted by molar-refractivity contribution is -0.152. The summed E-state index contributed by atoms with van der Waals surface area (Å²) in [5, 5.41) is 0. The third kappa shape index (κ3) is 7.03. The number of piperidine rings is 2. The van der Waals surface area contributed by atoms with Crippen LogP contribution in [0.15, 0.2) is 0 Å². The van der Waals surface area contributed by atoms with Crippen LogP contribution in [0.3, 0.4) is 0 Å². The number of nitrogens with zero attached hydrogens (tertiary/aromatic N) is 2. The Kier molecular flexibility index (Phi) is 7.32. The number of halogens is 3. The van der Waals surface area contributed by atoms with Gasteiger partial charge in [-0.3, -0.25) is 9.69 Å². The smallest absolute Gasteiger partial charge is 0.339 e. The Balaban J connectivity index is 1.86. The fourth-order valence-electron chi connectivity index (χ4n) is 3.83. The first-order valence-corrected chi connectivity index (χ1v) is 11.0. The second-order valence-corrected chi connectivity index (χ2v) is 9.14. The summed E-state index contributed by atoms with van der Waals surface area (Å²) in [7, 11) is -3.26. The normalized spacial score (nSPS) is 24.0. The largest absolute Gasteiger partial charge is 0.401 e. The number of carbonyl (C=O) groups is 1. The number of nitrogens with one attached hydrogen (secondary N) is 1. The maximum Gasteiger partial charge on any atom is 0.401 e. The standard InChI is InChI=1S/C16H28F3N3O3S/c1-26(24,25)20-8-5-14-4-2-3-9-22(14)15(23)13-6-10-21(11-7-13)12-16(17,18)19/h13-14,20H,2-12H2,1H3. The predicted octanol–water partition coefficient (Wildman–Crippen LogP) is 1.58. The highest BCUT2D eigenvalue weighted by Gasteiger charge is 2.36. The number of carbonyl (C=O) groups excluding carboxylic acids is 1. The second-order valence-electron chi connectivity index (χ2n) is 7.30. The van der Waals surface area contributed by atoms with Crippen LogP contribution in [0.1, 0.15) is 38.5 Å². The number of sulfonamides is 1. The predicted molar refractivity (Wildman–Crippen MR) is 92.0 cm³/mol. The quantitative estimate of drug-likeness (QED) is 0.736. The van der Waals surface area contributed by atoms with E-state index >= 15 is 0 Å². The molecule has 152 valence electrons. The van der Waals surface area contributed by atoms with Crippen LogP contribution in [-0.2, 0) is 14.8 Å². The maximum absolute atomic E-state index is 12.9. The summed E-state index contributed by atoms with van der Waals surface area (Å²) < 4.78 is 62.3. The first-order valence-electron chi connectivity index (χ1n) is 9.09. The SMILES string of the molecule is CS(=O)(=O)NCCC1CCCCN1C(=O)C1CCN(CC(F)(F)F)CC1. The molecule has 0 aromatic carbocycles. The van der Waals surface area contributed by atoms with Gasteiger partial charge in [0, 0.05) is 25.0 Å². The molecule has 2 fully saturated rings. The first-order chi connectivity index (χ1) is 12.1. The lowest BCUT2D eigenvalue weighted by Crippen LogP contribution is -2.50. The lowest BCUT2D eigenvalue weighted by Gasteiger charge is -2.40. The molecule has 2 aliphatic heterocycles. The topological polar surface area (TPSA) is 69.7 Å². The summed E-state index contributed by atoms with van der Waals surface area (Å²) >= 11 is 0. The van der Waals surface area contributed by atoms with Gasteiger partial charge >= 0.3 is 6.18 Å². The van der Waals surface area contributed by atoms with E-state index in [4.69, 9.17) is 0 Å². The van der Waals surface area contributed by atoms with Crippen molar-refractivity contribution in [3.63, 3.8) is 0 Å². The number of rotatable bonds is 6. The van der Waals surface area contributed by atoms with Crippen LogP contribution < -0.4 is 4.72 Å². The summed E-state index contributed by atoms with van der Waals surface area (Å²) in [5.74, 6) is -0.219. The van der Waals surface area contributed by atoms with E-state index in [1.165, 1.54) is 4.90 Å². The zero-order valence-electron chi connectivity index (χ0n) is 15.1. The molecule has 2 heterocycles. The van der Waals surface area contributed by atoms with E-state index in [1.54, 1.807) is 0 Å². The van der Waals surface area contributed by atoms with E-state index in [-0.39, 0.29) is 37.5 Å². The van der Waals surface area contributed by atoms with Gasteiger partial charge in [-0.1, -0.05) is 0 Å². The molecular formula is C16H28F3N3O3S. The van der Waals surface area contributed by atoms with E-state index in [1.807, 2.05) is 4.90 Å². The van der Waals surface area contributed by atoms with Crippen LogP contribution in [0, 0.1) is 5.92 Å².